The third-order valence-electron chi connectivity index (χ3n) is 4.56. The number of anilines is 1. The molecule has 1 aromatic heterocycles. The van der Waals surface area contributed by atoms with Crippen molar-refractivity contribution in [3.63, 3.8) is 0 Å². The number of nitrogens with zero attached hydrogens (tertiary/aromatic N) is 2. The third-order valence-corrected chi connectivity index (χ3v) is 4.56. The molecule has 1 saturated heterocycles. The zero-order valence-electron chi connectivity index (χ0n) is 13.0. The number of hydrogen-bond acceptors (Lipinski definition) is 2. The molecule has 2 heterocycles. The van der Waals surface area contributed by atoms with Gasteiger partial charge in [0.15, 0.2) is 0 Å². The summed E-state index contributed by atoms with van der Waals surface area (Å²) in [5.74, 6) is 0. The van der Waals surface area contributed by atoms with Crippen LogP contribution in [0.4, 0.5) is 5.69 Å². The van der Waals surface area contributed by atoms with Crippen LogP contribution in [0.25, 0.3) is 0 Å². The van der Waals surface area contributed by atoms with Crippen LogP contribution in [0.5, 0.6) is 0 Å². The average molecular weight is 282 g/mol. The molecule has 1 N–H and O–H groups in total. The first-order valence-electron chi connectivity index (χ1n) is 7.77. The molecule has 0 unspecified atom stereocenters. The van der Waals surface area contributed by atoms with Crippen LogP contribution in [0.15, 0.2) is 42.7 Å². The first-order chi connectivity index (χ1) is 10.2. The molecule has 0 spiro atoms. The van der Waals surface area contributed by atoms with Crippen molar-refractivity contribution in [2.24, 2.45) is 0 Å². The van der Waals surface area contributed by atoms with Gasteiger partial charge in [-0.3, -0.25) is 4.98 Å². The van der Waals surface area contributed by atoms with E-state index in [1.165, 1.54) is 35.5 Å². The second-order valence-corrected chi connectivity index (χ2v) is 5.99. The summed E-state index contributed by atoms with van der Waals surface area (Å²) >= 11 is 0. The molecule has 1 aliphatic rings. The molecular formula is C18H24N3+. The summed E-state index contributed by atoms with van der Waals surface area (Å²) in [7, 11) is 0. The fraction of sp³-hybridized carbons (Fsp3) is 0.389. The molecule has 1 fully saturated rings. The van der Waals surface area contributed by atoms with Gasteiger partial charge in [0.2, 0.25) is 0 Å². The van der Waals surface area contributed by atoms with E-state index in [1.807, 2.05) is 18.5 Å². The minimum absolute atomic E-state index is 1.09. The first kappa shape index (κ1) is 14.1. The van der Waals surface area contributed by atoms with E-state index in [9.17, 15) is 0 Å². The van der Waals surface area contributed by atoms with Gasteiger partial charge in [0, 0.05) is 23.6 Å². The lowest BCUT2D eigenvalue weighted by Crippen LogP contribution is -3.13. The number of rotatable bonds is 3. The van der Waals surface area contributed by atoms with E-state index in [0.29, 0.717) is 0 Å². The van der Waals surface area contributed by atoms with Crippen LogP contribution in [0, 0.1) is 13.8 Å². The van der Waals surface area contributed by atoms with Crippen molar-refractivity contribution in [3.8, 4) is 0 Å². The summed E-state index contributed by atoms with van der Waals surface area (Å²) in [6, 6.07) is 10.8. The van der Waals surface area contributed by atoms with Gasteiger partial charge in [-0.25, -0.2) is 0 Å². The highest BCUT2D eigenvalue weighted by atomic mass is 15.3. The van der Waals surface area contributed by atoms with Gasteiger partial charge in [0.25, 0.3) is 0 Å². The van der Waals surface area contributed by atoms with E-state index in [1.54, 1.807) is 4.90 Å². The molecule has 0 bridgehead atoms. The van der Waals surface area contributed by atoms with Gasteiger partial charge >= 0.3 is 0 Å². The van der Waals surface area contributed by atoms with Gasteiger partial charge in [-0.2, -0.15) is 0 Å². The number of benzene rings is 1. The molecular weight excluding hydrogens is 258 g/mol. The van der Waals surface area contributed by atoms with Crippen molar-refractivity contribution >= 4 is 5.69 Å². The van der Waals surface area contributed by atoms with Crippen LogP contribution in [-0.2, 0) is 6.54 Å². The van der Waals surface area contributed by atoms with Crippen molar-refractivity contribution in [3.05, 3.63) is 59.4 Å². The lowest BCUT2D eigenvalue weighted by molar-refractivity contribution is -0.914. The van der Waals surface area contributed by atoms with Crippen molar-refractivity contribution in [2.75, 3.05) is 31.1 Å². The molecule has 3 nitrogen and oxygen atoms in total. The SMILES string of the molecule is Cc1cccc(N2CC[NH+](Cc3cccnc3)CC2)c1C. The summed E-state index contributed by atoms with van der Waals surface area (Å²) < 4.78 is 0. The lowest BCUT2D eigenvalue weighted by atomic mass is 10.1. The lowest BCUT2D eigenvalue weighted by Gasteiger charge is -2.34. The minimum Gasteiger partial charge on any atom is -0.360 e. The van der Waals surface area contributed by atoms with Gasteiger partial charge in [-0.05, 0) is 37.1 Å². The number of quaternary nitrogens is 1. The Morgan fingerprint density at radius 2 is 1.90 bits per heavy atom. The summed E-state index contributed by atoms with van der Waals surface area (Å²) in [5.41, 5.74) is 5.56. The standard InChI is InChI=1S/C18H23N3/c1-15-5-3-7-18(16(15)2)21-11-9-20(10-12-21)14-17-6-4-8-19-13-17/h3-8,13H,9-12,14H2,1-2H3/p+1. The van der Waals surface area contributed by atoms with Crippen LogP contribution in [0.3, 0.4) is 0 Å². The van der Waals surface area contributed by atoms with E-state index in [0.717, 1.165) is 19.6 Å². The largest absolute Gasteiger partial charge is 0.360 e. The maximum atomic E-state index is 4.21. The molecule has 1 aliphatic heterocycles. The molecule has 2 aromatic rings. The molecule has 0 aliphatic carbocycles. The maximum absolute atomic E-state index is 4.21. The number of nitrogens with one attached hydrogen (secondary N) is 1. The Hall–Kier alpha value is -1.87. The normalized spacial score (nSPS) is 16.2. The Kier molecular flexibility index (Phi) is 4.20. The quantitative estimate of drug-likeness (QED) is 0.923. The van der Waals surface area contributed by atoms with Gasteiger partial charge in [0.1, 0.15) is 6.54 Å². The van der Waals surface area contributed by atoms with Gasteiger partial charge in [0.05, 0.1) is 26.2 Å². The van der Waals surface area contributed by atoms with Crippen molar-refractivity contribution < 1.29 is 4.90 Å². The summed E-state index contributed by atoms with van der Waals surface area (Å²) in [5, 5.41) is 0. The van der Waals surface area contributed by atoms with Crippen molar-refractivity contribution in [1.29, 1.82) is 0 Å². The Bertz CT molecular complexity index is 587. The van der Waals surface area contributed by atoms with Crippen LogP contribution in [0.1, 0.15) is 16.7 Å². The summed E-state index contributed by atoms with van der Waals surface area (Å²) in [6.07, 6.45) is 3.83. The highest BCUT2D eigenvalue weighted by Crippen LogP contribution is 2.22. The number of hydrogen-bond donors (Lipinski definition) is 1. The molecule has 0 radical (unpaired) electrons. The number of piperazine rings is 1. The molecule has 0 amide bonds. The predicted octanol–water partition coefficient (Wildman–Crippen LogP) is 1.60. The fourth-order valence-corrected chi connectivity index (χ4v) is 3.11. The van der Waals surface area contributed by atoms with E-state index in [-0.39, 0.29) is 0 Å². The molecule has 110 valence electrons. The van der Waals surface area contributed by atoms with Crippen LogP contribution in [-0.4, -0.2) is 31.2 Å². The molecule has 3 rings (SSSR count). The summed E-state index contributed by atoms with van der Waals surface area (Å²) in [4.78, 5) is 8.40. The van der Waals surface area contributed by atoms with Crippen LogP contribution >= 0.6 is 0 Å². The Balaban J connectivity index is 1.61. The molecule has 0 atom stereocenters. The van der Waals surface area contributed by atoms with Gasteiger partial charge in [-0.1, -0.05) is 18.2 Å². The van der Waals surface area contributed by atoms with Crippen molar-refractivity contribution in [2.45, 2.75) is 20.4 Å². The Morgan fingerprint density at radius 3 is 2.62 bits per heavy atom. The number of pyridine rings is 1. The molecule has 21 heavy (non-hydrogen) atoms. The van der Waals surface area contributed by atoms with E-state index in [4.69, 9.17) is 0 Å². The summed E-state index contributed by atoms with van der Waals surface area (Å²) in [6.45, 7) is 10.2. The smallest absolute Gasteiger partial charge is 0.104 e. The van der Waals surface area contributed by atoms with E-state index >= 15 is 0 Å². The highest BCUT2D eigenvalue weighted by Gasteiger charge is 2.21. The maximum Gasteiger partial charge on any atom is 0.104 e. The van der Waals surface area contributed by atoms with Gasteiger partial charge in [-0.15, -0.1) is 0 Å². The number of aryl methyl sites for hydroxylation is 1. The van der Waals surface area contributed by atoms with Gasteiger partial charge < -0.3 is 9.80 Å². The second-order valence-electron chi connectivity index (χ2n) is 5.99. The fourth-order valence-electron chi connectivity index (χ4n) is 3.11. The topological polar surface area (TPSA) is 20.6 Å². The highest BCUT2D eigenvalue weighted by molar-refractivity contribution is 5.56. The van der Waals surface area contributed by atoms with Crippen LogP contribution in [0.2, 0.25) is 0 Å². The first-order valence-corrected chi connectivity index (χ1v) is 7.77. The molecule has 1 aromatic carbocycles. The molecule has 0 saturated carbocycles. The zero-order chi connectivity index (χ0) is 14.7. The Morgan fingerprint density at radius 1 is 1.10 bits per heavy atom. The Labute approximate surface area is 127 Å². The van der Waals surface area contributed by atoms with Crippen LogP contribution < -0.4 is 9.80 Å². The minimum atomic E-state index is 1.09. The predicted molar refractivity (Wildman–Crippen MR) is 86.8 cm³/mol. The van der Waals surface area contributed by atoms with E-state index < -0.39 is 0 Å². The zero-order valence-corrected chi connectivity index (χ0v) is 13.0. The van der Waals surface area contributed by atoms with E-state index in [2.05, 4.69) is 48.0 Å². The monoisotopic (exact) mass is 282 g/mol. The number of aromatic nitrogens is 1. The average Bonchev–Trinajstić information content (AvgIpc) is 2.52. The molecule has 3 heteroatoms. The second kappa shape index (κ2) is 6.27. The van der Waals surface area contributed by atoms with Crippen molar-refractivity contribution in [1.82, 2.24) is 4.98 Å². The third kappa shape index (κ3) is 3.24.